The van der Waals surface area contributed by atoms with Crippen molar-refractivity contribution in [3.8, 4) is 5.75 Å². The van der Waals surface area contributed by atoms with E-state index in [1.165, 1.54) is 6.07 Å². The van der Waals surface area contributed by atoms with Crippen molar-refractivity contribution in [2.24, 2.45) is 0 Å². The Kier molecular flexibility index (Phi) is 14.4. The van der Waals surface area contributed by atoms with Crippen molar-refractivity contribution in [2.75, 3.05) is 26.3 Å². The topological polar surface area (TPSA) is 102 Å². The summed E-state index contributed by atoms with van der Waals surface area (Å²) in [6.07, 6.45) is 8.05. The highest BCUT2D eigenvalue weighted by Gasteiger charge is 2.10. The maximum atomic E-state index is 10.2. The molecule has 0 saturated heterocycles. The van der Waals surface area contributed by atoms with Gasteiger partial charge in [0.25, 0.3) is 0 Å². The number of allylic oxidation sites excluding steroid dienone is 3. The van der Waals surface area contributed by atoms with Crippen molar-refractivity contribution in [1.29, 1.82) is 0 Å². The zero-order valence-corrected chi connectivity index (χ0v) is 19.5. The predicted octanol–water partition coefficient (Wildman–Crippen LogP) is 4.83. The fraction of sp³-hybridized carbons (Fsp3) is 0.538. The summed E-state index contributed by atoms with van der Waals surface area (Å²) in [7, 11) is 0. The van der Waals surface area contributed by atoms with Gasteiger partial charge in [0.15, 0.2) is 0 Å². The van der Waals surface area contributed by atoms with Crippen molar-refractivity contribution in [3.05, 3.63) is 65.5 Å². The smallest absolute Gasteiger partial charge is 0.121 e. The average Bonchev–Trinajstić information content (AvgIpc) is 2.78. The Morgan fingerprint density at radius 3 is 2.47 bits per heavy atom. The molecule has 0 fully saturated rings. The van der Waals surface area contributed by atoms with E-state index in [0.717, 1.165) is 75.9 Å². The van der Waals surface area contributed by atoms with E-state index in [4.69, 9.17) is 4.74 Å². The molecule has 0 aliphatic rings. The Labute approximate surface area is 193 Å². The largest absolute Gasteiger partial charge is 0.508 e. The summed E-state index contributed by atoms with van der Waals surface area (Å²) in [5.41, 5.74) is 2.95. The third kappa shape index (κ3) is 11.0. The molecule has 0 spiro atoms. The predicted molar refractivity (Wildman–Crippen MR) is 130 cm³/mol. The molecule has 0 aliphatic heterocycles. The van der Waals surface area contributed by atoms with Gasteiger partial charge in [0, 0.05) is 25.3 Å². The highest BCUT2D eigenvalue weighted by atomic mass is 16.5. The maximum absolute atomic E-state index is 10.2. The van der Waals surface area contributed by atoms with Gasteiger partial charge in [-0.3, -0.25) is 0 Å². The maximum Gasteiger partial charge on any atom is 0.121 e. The van der Waals surface area contributed by atoms with Gasteiger partial charge in [0.1, 0.15) is 11.5 Å². The van der Waals surface area contributed by atoms with Gasteiger partial charge in [-0.2, -0.15) is 0 Å². The molecule has 0 bridgehead atoms. The number of phenols is 1. The summed E-state index contributed by atoms with van der Waals surface area (Å²) >= 11 is 0. The Morgan fingerprint density at radius 1 is 1.12 bits per heavy atom. The lowest BCUT2D eigenvalue weighted by molar-refractivity contribution is 0.126. The Balaban J connectivity index is 2.00. The molecule has 0 saturated carbocycles. The second kappa shape index (κ2) is 16.5. The molecule has 0 heterocycles. The van der Waals surface area contributed by atoms with E-state index in [-0.39, 0.29) is 18.1 Å². The van der Waals surface area contributed by atoms with Crippen molar-refractivity contribution in [3.63, 3.8) is 0 Å². The summed E-state index contributed by atoms with van der Waals surface area (Å²) in [6.45, 7) is 11.8. The van der Waals surface area contributed by atoms with Crippen LogP contribution >= 0.6 is 0 Å². The lowest BCUT2D eigenvalue weighted by Crippen LogP contribution is -2.22. The van der Waals surface area contributed by atoms with Gasteiger partial charge >= 0.3 is 0 Å². The molecule has 0 aliphatic carbocycles. The minimum Gasteiger partial charge on any atom is -0.508 e. The fourth-order valence-electron chi connectivity index (χ4n) is 3.40. The quantitative estimate of drug-likeness (QED) is 0.126. The molecular formula is C26H41NO5. The van der Waals surface area contributed by atoms with Crippen molar-refractivity contribution >= 4 is 0 Å². The number of hydrogen-bond acceptors (Lipinski definition) is 6. The first-order chi connectivity index (χ1) is 15.4. The summed E-state index contributed by atoms with van der Waals surface area (Å²) < 4.78 is 5.69. The molecule has 180 valence electrons. The SMILES string of the molecule is C=C/C(C)=C(/CCCCOCCCCCCNCC(O)c1ccc(O)c(CO)c1)C(=C)O. The highest BCUT2D eigenvalue weighted by Crippen LogP contribution is 2.22. The third-order valence-corrected chi connectivity index (χ3v) is 5.48. The van der Waals surface area contributed by atoms with E-state index in [1.54, 1.807) is 18.2 Å². The van der Waals surface area contributed by atoms with Crippen LogP contribution in [0.15, 0.2) is 54.3 Å². The summed E-state index contributed by atoms with van der Waals surface area (Å²) in [5.74, 6) is 0.168. The van der Waals surface area contributed by atoms with E-state index in [9.17, 15) is 20.4 Å². The second-order valence-electron chi connectivity index (χ2n) is 8.06. The molecular weight excluding hydrogens is 406 g/mol. The van der Waals surface area contributed by atoms with Crippen molar-refractivity contribution < 1.29 is 25.2 Å². The first-order valence-corrected chi connectivity index (χ1v) is 11.5. The Hall–Kier alpha value is -2.12. The van der Waals surface area contributed by atoms with Crippen molar-refractivity contribution in [2.45, 2.75) is 64.6 Å². The van der Waals surface area contributed by atoms with Crippen LogP contribution < -0.4 is 5.32 Å². The van der Waals surface area contributed by atoms with Gasteiger partial charge in [-0.1, -0.05) is 38.1 Å². The van der Waals surface area contributed by atoms with Crippen LogP contribution in [-0.2, 0) is 11.3 Å². The second-order valence-corrected chi connectivity index (χ2v) is 8.06. The van der Waals surface area contributed by atoms with Crippen LogP contribution in [-0.4, -0.2) is 46.7 Å². The zero-order chi connectivity index (χ0) is 23.8. The summed E-state index contributed by atoms with van der Waals surface area (Å²) in [6, 6.07) is 4.79. The summed E-state index contributed by atoms with van der Waals surface area (Å²) in [5, 5.41) is 41.9. The van der Waals surface area contributed by atoms with Gasteiger partial charge in [0.2, 0.25) is 0 Å². The van der Waals surface area contributed by atoms with Crippen LogP contribution in [0.25, 0.3) is 0 Å². The molecule has 1 aromatic carbocycles. The first-order valence-electron chi connectivity index (χ1n) is 11.5. The Morgan fingerprint density at radius 2 is 1.81 bits per heavy atom. The van der Waals surface area contributed by atoms with Crippen LogP contribution in [0.2, 0.25) is 0 Å². The number of rotatable bonds is 18. The van der Waals surface area contributed by atoms with Gasteiger partial charge in [-0.15, -0.1) is 0 Å². The molecule has 6 heteroatoms. The zero-order valence-electron chi connectivity index (χ0n) is 19.5. The molecule has 0 amide bonds. The number of nitrogens with one attached hydrogen (secondary N) is 1. The molecule has 0 aromatic heterocycles. The van der Waals surface area contributed by atoms with E-state index >= 15 is 0 Å². The van der Waals surface area contributed by atoms with E-state index < -0.39 is 6.10 Å². The van der Waals surface area contributed by atoms with E-state index in [2.05, 4.69) is 18.5 Å². The van der Waals surface area contributed by atoms with Gasteiger partial charge in [-0.25, -0.2) is 0 Å². The number of hydrogen-bond donors (Lipinski definition) is 5. The van der Waals surface area contributed by atoms with Crippen LogP contribution in [0.1, 0.15) is 69.1 Å². The molecule has 32 heavy (non-hydrogen) atoms. The average molecular weight is 448 g/mol. The molecule has 5 N–H and O–H groups in total. The van der Waals surface area contributed by atoms with Gasteiger partial charge in [0.05, 0.1) is 12.7 Å². The fourth-order valence-corrected chi connectivity index (χ4v) is 3.40. The molecule has 1 aromatic rings. The molecule has 1 atom stereocenters. The number of ether oxygens (including phenoxy) is 1. The number of aliphatic hydroxyl groups is 3. The lowest BCUT2D eigenvalue weighted by atomic mass is 10.0. The first kappa shape index (κ1) is 27.9. The Bertz CT molecular complexity index is 729. The standard InChI is InChI=1S/C26H41NO5/c1-4-20(2)24(21(3)29)11-7-10-16-32-15-9-6-5-8-14-27-18-26(31)22-12-13-25(30)23(17-22)19-28/h4,12-13,17,26-31H,1,3,5-11,14-16,18-19H2,2H3/b24-20-. The minimum absolute atomic E-state index is 0.0401. The number of benzene rings is 1. The van der Waals surface area contributed by atoms with Crippen LogP contribution in [0.5, 0.6) is 5.75 Å². The minimum atomic E-state index is -0.669. The third-order valence-electron chi connectivity index (χ3n) is 5.48. The molecule has 0 radical (unpaired) electrons. The number of aromatic hydroxyl groups is 1. The monoisotopic (exact) mass is 447 g/mol. The number of unbranched alkanes of at least 4 members (excludes halogenated alkanes) is 4. The molecule has 1 rings (SSSR count). The highest BCUT2D eigenvalue weighted by molar-refractivity contribution is 5.36. The van der Waals surface area contributed by atoms with Gasteiger partial charge < -0.3 is 30.5 Å². The van der Waals surface area contributed by atoms with Crippen molar-refractivity contribution in [1.82, 2.24) is 5.32 Å². The molecule has 6 nitrogen and oxygen atoms in total. The molecule has 1 unspecified atom stereocenters. The van der Waals surface area contributed by atoms with E-state index in [1.807, 2.05) is 6.92 Å². The number of aliphatic hydroxyl groups excluding tert-OH is 3. The summed E-state index contributed by atoms with van der Waals surface area (Å²) in [4.78, 5) is 0. The van der Waals surface area contributed by atoms with Gasteiger partial charge in [-0.05, 0) is 74.4 Å². The van der Waals surface area contributed by atoms with E-state index in [0.29, 0.717) is 17.7 Å². The van der Waals surface area contributed by atoms with Crippen LogP contribution in [0.4, 0.5) is 0 Å². The van der Waals surface area contributed by atoms with Crippen LogP contribution in [0, 0.1) is 0 Å². The van der Waals surface area contributed by atoms with Crippen LogP contribution in [0.3, 0.4) is 0 Å². The lowest BCUT2D eigenvalue weighted by Gasteiger charge is -2.14. The normalized spacial score (nSPS) is 13.0.